The van der Waals surface area contributed by atoms with Gasteiger partial charge in [-0.3, -0.25) is 4.79 Å². The third-order valence-corrected chi connectivity index (χ3v) is 7.64. The van der Waals surface area contributed by atoms with Crippen LogP contribution in [-0.2, 0) is 21.4 Å². The van der Waals surface area contributed by atoms with Gasteiger partial charge in [-0.25, -0.2) is 8.42 Å². The number of anilines is 1. The average molecular weight is 466 g/mol. The number of nitrogens with zero attached hydrogens (tertiary/aromatic N) is 2. The maximum absolute atomic E-state index is 13.4. The van der Waals surface area contributed by atoms with Crippen molar-refractivity contribution in [3.8, 4) is 0 Å². The maximum Gasteiger partial charge on any atom is 0.243 e. The molecule has 0 aliphatic heterocycles. The lowest BCUT2D eigenvalue weighted by Gasteiger charge is -2.22. The van der Waals surface area contributed by atoms with Gasteiger partial charge < -0.3 is 5.32 Å². The van der Waals surface area contributed by atoms with Gasteiger partial charge >= 0.3 is 0 Å². The monoisotopic (exact) mass is 465 g/mol. The highest BCUT2D eigenvalue weighted by Crippen LogP contribution is 2.23. The number of nitrogens with one attached hydrogen (secondary N) is 1. The van der Waals surface area contributed by atoms with Crippen LogP contribution in [0.15, 0.2) is 77.8 Å². The molecule has 0 fully saturated rings. The Morgan fingerprint density at radius 3 is 2.53 bits per heavy atom. The molecule has 164 valence electrons. The smallest absolute Gasteiger partial charge is 0.243 e. The molecule has 32 heavy (non-hydrogen) atoms. The zero-order chi connectivity index (χ0) is 22.7. The molecule has 0 atom stereocenters. The van der Waals surface area contributed by atoms with Crippen molar-refractivity contribution in [2.75, 3.05) is 11.9 Å². The molecule has 0 saturated carbocycles. The number of rotatable bonds is 7. The molecular formula is C24H23N3O3S2. The van der Waals surface area contributed by atoms with Crippen molar-refractivity contribution >= 4 is 43.2 Å². The maximum atomic E-state index is 13.4. The topological polar surface area (TPSA) is 79.4 Å². The van der Waals surface area contributed by atoms with Gasteiger partial charge in [0.05, 0.1) is 16.1 Å². The second kappa shape index (κ2) is 9.20. The van der Waals surface area contributed by atoms with Crippen LogP contribution in [0.5, 0.6) is 0 Å². The van der Waals surface area contributed by atoms with Gasteiger partial charge in [-0.1, -0.05) is 47.5 Å². The molecule has 6 nitrogen and oxygen atoms in total. The Labute approximate surface area is 191 Å². The van der Waals surface area contributed by atoms with Crippen molar-refractivity contribution in [2.45, 2.75) is 25.3 Å². The molecule has 0 unspecified atom stereocenters. The van der Waals surface area contributed by atoms with Crippen molar-refractivity contribution in [3.63, 3.8) is 0 Å². The fraction of sp³-hybridized carbons (Fsp3) is 0.167. The Morgan fingerprint density at radius 1 is 1.00 bits per heavy atom. The van der Waals surface area contributed by atoms with E-state index in [2.05, 4.69) is 9.69 Å². The highest BCUT2D eigenvalue weighted by Gasteiger charge is 2.27. The summed E-state index contributed by atoms with van der Waals surface area (Å²) in [7, 11) is -3.88. The van der Waals surface area contributed by atoms with E-state index in [0.717, 1.165) is 26.8 Å². The van der Waals surface area contributed by atoms with Gasteiger partial charge in [0.2, 0.25) is 15.9 Å². The molecular weight excluding hydrogens is 442 g/mol. The molecule has 1 N–H and O–H groups in total. The van der Waals surface area contributed by atoms with Crippen LogP contribution in [0.1, 0.15) is 16.7 Å². The Hall–Kier alpha value is -3.07. The number of sulfonamides is 1. The number of carbonyl (C=O) groups is 1. The summed E-state index contributed by atoms with van der Waals surface area (Å²) in [5, 5.41) is 3.74. The van der Waals surface area contributed by atoms with E-state index in [1.54, 1.807) is 36.5 Å². The third-order valence-electron chi connectivity index (χ3n) is 5.06. The van der Waals surface area contributed by atoms with E-state index in [-0.39, 0.29) is 18.0 Å². The zero-order valence-electron chi connectivity index (χ0n) is 17.8. The van der Waals surface area contributed by atoms with Crippen molar-refractivity contribution in [3.05, 3.63) is 89.6 Å². The molecule has 0 saturated heterocycles. The summed E-state index contributed by atoms with van der Waals surface area (Å²) < 4.78 is 33.2. The molecule has 4 rings (SSSR count). The van der Waals surface area contributed by atoms with Gasteiger partial charge in [0.15, 0.2) is 0 Å². The quantitative estimate of drug-likeness (QED) is 0.427. The standard InChI is InChI=1S/C24H23N3O3S2/c1-17-6-9-22(10-7-17)32(29,30)27(15-19-5-3-4-18(2)12-19)16-24(28)26-21-8-11-23-20(13-21)14-25-31-23/h3-14H,15-16H2,1-2H3,(H,26,28). The summed E-state index contributed by atoms with van der Waals surface area (Å²) >= 11 is 1.38. The van der Waals surface area contributed by atoms with Crippen molar-refractivity contribution in [2.24, 2.45) is 0 Å². The molecule has 0 aliphatic carbocycles. The van der Waals surface area contributed by atoms with Crippen LogP contribution in [0.2, 0.25) is 0 Å². The highest BCUT2D eigenvalue weighted by molar-refractivity contribution is 7.89. The van der Waals surface area contributed by atoms with Crippen molar-refractivity contribution in [1.82, 2.24) is 8.68 Å². The number of amides is 1. The first-order valence-electron chi connectivity index (χ1n) is 10.1. The Kier molecular flexibility index (Phi) is 6.36. The second-order valence-electron chi connectivity index (χ2n) is 7.70. The molecule has 4 aromatic rings. The van der Waals surface area contributed by atoms with E-state index in [4.69, 9.17) is 0 Å². The minimum atomic E-state index is -3.88. The normalized spacial score (nSPS) is 11.7. The van der Waals surface area contributed by atoms with Gasteiger partial charge in [0, 0.05) is 23.8 Å². The molecule has 3 aromatic carbocycles. The largest absolute Gasteiger partial charge is 0.325 e. The summed E-state index contributed by atoms with van der Waals surface area (Å²) in [6.07, 6.45) is 1.74. The number of carbonyl (C=O) groups excluding carboxylic acids is 1. The number of aryl methyl sites for hydroxylation is 2. The molecule has 0 aliphatic rings. The van der Waals surface area contributed by atoms with Gasteiger partial charge in [0.1, 0.15) is 0 Å². The zero-order valence-corrected chi connectivity index (χ0v) is 19.4. The number of hydrogen-bond donors (Lipinski definition) is 1. The van der Waals surface area contributed by atoms with E-state index in [0.29, 0.717) is 5.69 Å². The van der Waals surface area contributed by atoms with Gasteiger partial charge in [-0.2, -0.15) is 8.68 Å². The van der Waals surface area contributed by atoms with Crippen LogP contribution in [0, 0.1) is 13.8 Å². The van der Waals surface area contributed by atoms with Crippen LogP contribution < -0.4 is 5.32 Å². The van der Waals surface area contributed by atoms with E-state index in [1.165, 1.54) is 15.8 Å². The van der Waals surface area contributed by atoms with E-state index in [9.17, 15) is 13.2 Å². The van der Waals surface area contributed by atoms with E-state index >= 15 is 0 Å². The Balaban J connectivity index is 1.60. The van der Waals surface area contributed by atoms with Gasteiger partial charge in [0.25, 0.3) is 0 Å². The molecule has 0 spiro atoms. The van der Waals surface area contributed by atoms with Crippen LogP contribution >= 0.6 is 11.5 Å². The minimum absolute atomic E-state index is 0.0960. The summed E-state index contributed by atoms with van der Waals surface area (Å²) in [6, 6.07) is 19.8. The van der Waals surface area contributed by atoms with Crippen LogP contribution in [0.25, 0.3) is 10.1 Å². The van der Waals surface area contributed by atoms with Crippen molar-refractivity contribution < 1.29 is 13.2 Å². The molecule has 1 heterocycles. The number of benzene rings is 3. The number of fused-ring (bicyclic) bond motifs is 1. The molecule has 0 radical (unpaired) electrons. The third kappa shape index (κ3) is 5.04. The van der Waals surface area contributed by atoms with Crippen molar-refractivity contribution in [1.29, 1.82) is 0 Å². The van der Waals surface area contributed by atoms with Crippen LogP contribution in [-0.4, -0.2) is 29.5 Å². The van der Waals surface area contributed by atoms with Crippen LogP contribution in [0.3, 0.4) is 0 Å². The lowest BCUT2D eigenvalue weighted by Crippen LogP contribution is -2.37. The number of hydrogen-bond acceptors (Lipinski definition) is 5. The van der Waals surface area contributed by atoms with Crippen LogP contribution in [0.4, 0.5) is 5.69 Å². The molecule has 1 amide bonds. The fourth-order valence-electron chi connectivity index (χ4n) is 3.41. The summed E-state index contributed by atoms with van der Waals surface area (Å²) in [5.74, 6) is -0.407. The lowest BCUT2D eigenvalue weighted by atomic mass is 10.1. The highest BCUT2D eigenvalue weighted by atomic mass is 32.2. The summed E-state index contributed by atoms with van der Waals surface area (Å²) in [5.41, 5.74) is 3.41. The average Bonchev–Trinajstić information content (AvgIpc) is 3.21. The second-order valence-corrected chi connectivity index (χ2v) is 10.5. The first-order chi connectivity index (χ1) is 15.3. The summed E-state index contributed by atoms with van der Waals surface area (Å²) in [6.45, 7) is 3.64. The number of aromatic nitrogens is 1. The van der Waals surface area contributed by atoms with E-state index < -0.39 is 15.9 Å². The Morgan fingerprint density at radius 2 is 1.78 bits per heavy atom. The predicted molar refractivity (Wildman–Crippen MR) is 128 cm³/mol. The first kappa shape index (κ1) is 22.1. The van der Waals surface area contributed by atoms with Gasteiger partial charge in [-0.05, 0) is 61.3 Å². The fourth-order valence-corrected chi connectivity index (χ4v) is 5.42. The van der Waals surface area contributed by atoms with E-state index in [1.807, 2.05) is 50.2 Å². The molecule has 0 bridgehead atoms. The first-order valence-corrected chi connectivity index (χ1v) is 12.3. The lowest BCUT2D eigenvalue weighted by molar-refractivity contribution is -0.116. The predicted octanol–water partition coefficient (Wildman–Crippen LogP) is 4.74. The SMILES string of the molecule is Cc1ccc(S(=O)(=O)N(CC(=O)Nc2ccc3sncc3c2)Cc2cccc(C)c2)cc1. The minimum Gasteiger partial charge on any atom is -0.325 e. The summed E-state index contributed by atoms with van der Waals surface area (Å²) in [4.78, 5) is 13.0. The molecule has 1 aromatic heterocycles. The van der Waals surface area contributed by atoms with Gasteiger partial charge in [-0.15, -0.1) is 0 Å². The molecule has 8 heteroatoms. The Bertz CT molecular complexity index is 1360.